The summed E-state index contributed by atoms with van der Waals surface area (Å²) in [7, 11) is 3.01. The highest BCUT2D eigenvalue weighted by atomic mass is 16.5. The van der Waals surface area contributed by atoms with Crippen LogP contribution in [0.3, 0.4) is 0 Å². The van der Waals surface area contributed by atoms with Crippen molar-refractivity contribution in [3.05, 3.63) is 34.9 Å². The molecule has 144 valence electrons. The van der Waals surface area contributed by atoms with Crippen molar-refractivity contribution in [2.75, 3.05) is 26.1 Å². The van der Waals surface area contributed by atoms with Gasteiger partial charge in [0.05, 0.1) is 14.2 Å². The van der Waals surface area contributed by atoms with E-state index in [0.717, 1.165) is 24.4 Å². The lowest BCUT2D eigenvalue weighted by molar-refractivity contribution is 0.252. The number of ether oxygens (including phenoxy) is 2. The van der Waals surface area contributed by atoms with Gasteiger partial charge in [0.1, 0.15) is 11.5 Å². The molecule has 1 aliphatic carbocycles. The van der Waals surface area contributed by atoms with E-state index in [4.69, 9.17) is 9.47 Å². The lowest BCUT2D eigenvalue weighted by atomic mass is 9.95. The summed E-state index contributed by atoms with van der Waals surface area (Å²) < 4.78 is 10.2. The van der Waals surface area contributed by atoms with Crippen LogP contribution in [-0.2, 0) is 19.3 Å². The van der Waals surface area contributed by atoms with Crippen molar-refractivity contribution in [1.82, 2.24) is 20.3 Å². The number of amides is 2. The summed E-state index contributed by atoms with van der Waals surface area (Å²) in [5.74, 6) is 1.48. The van der Waals surface area contributed by atoms with Crippen LogP contribution in [0.25, 0.3) is 0 Å². The normalized spacial score (nSPS) is 12.9. The summed E-state index contributed by atoms with van der Waals surface area (Å²) >= 11 is 0. The summed E-state index contributed by atoms with van der Waals surface area (Å²) in [6, 6.07) is 3.00. The molecule has 0 saturated heterocycles. The van der Waals surface area contributed by atoms with Crippen LogP contribution in [0.1, 0.15) is 35.6 Å². The summed E-state index contributed by atoms with van der Waals surface area (Å²) in [4.78, 5) is 25.5. The molecular formula is C19H25N5O3. The molecule has 0 bridgehead atoms. The Hall–Kier alpha value is -2.90. The Morgan fingerprint density at radius 3 is 2.70 bits per heavy atom. The molecule has 2 heterocycles. The van der Waals surface area contributed by atoms with Crippen LogP contribution < -0.4 is 20.1 Å². The predicted octanol–water partition coefficient (Wildman–Crippen LogP) is 2.44. The van der Waals surface area contributed by atoms with Crippen LogP contribution in [0.4, 0.5) is 10.5 Å². The number of urea groups is 1. The second-order valence-electron chi connectivity index (χ2n) is 6.40. The maximum absolute atomic E-state index is 12.1. The van der Waals surface area contributed by atoms with Gasteiger partial charge in [0.2, 0.25) is 11.8 Å². The molecule has 2 amide bonds. The van der Waals surface area contributed by atoms with Crippen molar-refractivity contribution in [3.63, 3.8) is 0 Å². The minimum absolute atomic E-state index is 0.290. The van der Waals surface area contributed by atoms with Gasteiger partial charge in [-0.2, -0.15) is 4.98 Å². The molecule has 0 aliphatic heterocycles. The first-order valence-electron chi connectivity index (χ1n) is 9.10. The number of aromatic nitrogens is 3. The van der Waals surface area contributed by atoms with Crippen molar-refractivity contribution in [2.24, 2.45) is 0 Å². The minimum atomic E-state index is -0.338. The molecule has 8 heteroatoms. The molecule has 0 atom stereocenters. The van der Waals surface area contributed by atoms with Crippen LogP contribution in [0.2, 0.25) is 0 Å². The van der Waals surface area contributed by atoms with Crippen molar-refractivity contribution >= 4 is 11.7 Å². The Morgan fingerprint density at radius 1 is 1.11 bits per heavy atom. The minimum Gasteiger partial charge on any atom is -0.481 e. The summed E-state index contributed by atoms with van der Waals surface area (Å²) in [6.07, 6.45) is 5.06. The zero-order valence-corrected chi connectivity index (χ0v) is 16.0. The molecule has 2 aromatic heterocycles. The molecule has 0 radical (unpaired) electrons. The second-order valence-corrected chi connectivity index (χ2v) is 6.40. The first-order chi connectivity index (χ1) is 13.1. The monoisotopic (exact) mass is 371 g/mol. The van der Waals surface area contributed by atoms with Gasteiger partial charge in [0.25, 0.3) is 0 Å². The van der Waals surface area contributed by atoms with Gasteiger partial charge in [-0.3, -0.25) is 0 Å². The van der Waals surface area contributed by atoms with E-state index in [1.807, 2.05) is 6.92 Å². The number of pyridine rings is 1. The van der Waals surface area contributed by atoms with Crippen molar-refractivity contribution in [1.29, 1.82) is 0 Å². The third-order valence-electron chi connectivity index (χ3n) is 4.56. The van der Waals surface area contributed by atoms with Crippen molar-refractivity contribution in [3.8, 4) is 11.8 Å². The summed E-state index contributed by atoms with van der Waals surface area (Å²) in [5.41, 5.74) is 4.00. The Balaban J connectivity index is 1.55. The molecule has 1 aliphatic rings. The molecule has 3 rings (SSSR count). The van der Waals surface area contributed by atoms with E-state index in [9.17, 15) is 4.79 Å². The zero-order valence-electron chi connectivity index (χ0n) is 16.0. The maximum atomic E-state index is 12.1. The van der Waals surface area contributed by atoms with E-state index < -0.39 is 0 Å². The number of nitrogens with one attached hydrogen (secondary N) is 2. The number of hydrogen-bond acceptors (Lipinski definition) is 6. The van der Waals surface area contributed by atoms with Crippen LogP contribution in [-0.4, -0.2) is 41.7 Å². The molecule has 27 heavy (non-hydrogen) atoms. The number of hydrogen-bond donors (Lipinski definition) is 2. The van der Waals surface area contributed by atoms with Gasteiger partial charge in [-0.1, -0.05) is 0 Å². The van der Waals surface area contributed by atoms with Crippen LogP contribution >= 0.6 is 0 Å². The van der Waals surface area contributed by atoms with Gasteiger partial charge >= 0.3 is 6.03 Å². The van der Waals surface area contributed by atoms with E-state index in [1.165, 1.54) is 38.3 Å². The number of methoxy groups -OCH3 is 2. The highest BCUT2D eigenvalue weighted by molar-refractivity contribution is 5.90. The number of nitrogens with zero attached hydrogens (tertiary/aromatic N) is 3. The molecule has 0 aromatic carbocycles. The Labute approximate surface area is 158 Å². The first kappa shape index (κ1) is 18.9. The number of anilines is 1. The molecule has 0 fully saturated rings. The number of carbonyl (C=O) groups is 1. The van der Waals surface area contributed by atoms with E-state index in [1.54, 1.807) is 12.1 Å². The number of fused-ring (bicyclic) bond motifs is 1. The lowest BCUT2D eigenvalue weighted by Crippen LogP contribution is -2.31. The molecular weight excluding hydrogens is 346 g/mol. The van der Waals surface area contributed by atoms with Crippen LogP contribution in [0.15, 0.2) is 12.1 Å². The highest BCUT2D eigenvalue weighted by Crippen LogP contribution is 2.24. The zero-order chi connectivity index (χ0) is 19.2. The van der Waals surface area contributed by atoms with E-state index >= 15 is 0 Å². The predicted molar refractivity (Wildman–Crippen MR) is 101 cm³/mol. The van der Waals surface area contributed by atoms with Crippen molar-refractivity contribution in [2.45, 2.75) is 39.0 Å². The Kier molecular flexibility index (Phi) is 6.05. The highest BCUT2D eigenvalue weighted by Gasteiger charge is 2.15. The average Bonchev–Trinajstić information content (AvgIpc) is 2.68. The van der Waals surface area contributed by atoms with Crippen molar-refractivity contribution < 1.29 is 14.3 Å². The molecule has 2 aromatic rings. The van der Waals surface area contributed by atoms with E-state index in [-0.39, 0.29) is 11.9 Å². The quantitative estimate of drug-likeness (QED) is 0.809. The molecule has 2 N–H and O–H groups in total. The van der Waals surface area contributed by atoms with Gasteiger partial charge in [-0.05, 0) is 44.2 Å². The lowest BCUT2D eigenvalue weighted by Gasteiger charge is -2.17. The fourth-order valence-corrected chi connectivity index (χ4v) is 3.20. The Morgan fingerprint density at radius 2 is 1.93 bits per heavy atom. The van der Waals surface area contributed by atoms with Crippen LogP contribution in [0.5, 0.6) is 11.8 Å². The molecule has 0 saturated carbocycles. The third-order valence-corrected chi connectivity index (χ3v) is 4.56. The second kappa shape index (κ2) is 8.66. The van der Waals surface area contributed by atoms with Gasteiger partial charge in [0.15, 0.2) is 0 Å². The SMILES string of the molecule is COc1ccc(NC(=O)NCCc2nc(C)c3c(n2)CCCC3)c(OC)n1. The molecule has 0 spiro atoms. The fraction of sp³-hybridized carbons (Fsp3) is 0.474. The maximum Gasteiger partial charge on any atom is 0.319 e. The molecule has 0 unspecified atom stereocenters. The fourth-order valence-electron chi connectivity index (χ4n) is 3.20. The average molecular weight is 371 g/mol. The number of carbonyl (C=O) groups excluding carboxylic acids is 1. The van der Waals surface area contributed by atoms with E-state index in [0.29, 0.717) is 24.5 Å². The van der Waals surface area contributed by atoms with Crippen LogP contribution in [0, 0.1) is 6.92 Å². The third kappa shape index (κ3) is 4.64. The van der Waals surface area contributed by atoms with E-state index in [2.05, 4.69) is 25.6 Å². The Bertz CT molecular complexity index is 825. The van der Waals surface area contributed by atoms with Gasteiger partial charge in [-0.15, -0.1) is 0 Å². The number of rotatable bonds is 6. The first-order valence-corrected chi connectivity index (χ1v) is 9.10. The summed E-state index contributed by atoms with van der Waals surface area (Å²) in [6.45, 7) is 2.48. The topological polar surface area (TPSA) is 98.3 Å². The largest absolute Gasteiger partial charge is 0.481 e. The van der Waals surface area contributed by atoms with Gasteiger partial charge in [-0.25, -0.2) is 14.8 Å². The van der Waals surface area contributed by atoms with Gasteiger partial charge in [0, 0.05) is 30.4 Å². The standard InChI is InChI=1S/C19H25N5O3/c1-12-13-6-4-5-7-14(13)22-16(21-12)10-11-20-19(25)23-15-8-9-17(26-2)24-18(15)27-3/h8-9H,4-7,10-11H2,1-3H3,(H2,20,23,25). The smallest absolute Gasteiger partial charge is 0.319 e. The molecule has 8 nitrogen and oxygen atoms in total. The summed E-state index contributed by atoms with van der Waals surface area (Å²) in [5, 5.41) is 5.54. The number of aryl methyl sites for hydroxylation is 2. The van der Waals surface area contributed by atoms with Gasteiger partial charge < -0.3 is 20.1 Å².